The van der Waals surface area contributed by atoms with Crippen LogP contribution in [0.1, 0.15) is 48.1 Å². The predicted molar refractivity (Wildman–Crippen MR) is 220 cm³/mol. The van der Waals surface area contributed by atoms with E-state index in [4.69, 9.17) is 0 Å². The minimum atomic E-state index is -0.627. The van der Waals surface area contributed by atoms with Crippen molar-refractivity contribution in [2.45, 2.75) is 19.5 Å². The standard InChI is InChI=1S/C22H20N4O3.C21H17FN4O3/c1-2-20(27)24-16-5-3-6-17(13-16)25-21(28)15-8-7-14-11-19-22(29)23-9-4-10-26(19)18(14)12-15;1-2-19(27)25-16-11-14(5-6-15(16)22)24-20(28)13-4-3-12-9-18-21(29)23-7-8-26(18)17(12)10-13/h2-3,5-8,11-13H,1,4,9-10H2,(H,23,29)(H,24,27)(H,25,28);2-6,9-11H,1,7-8H2,(H,23,29)(H,24,28)(H,25,27). The molecule has 58 heavy (non-hydrogen) atoms. The average Bonchev–Trinajstić information content (AvgIpc) is 3.73. The normalized spacial score (nSPS) is 13.0. The number of aromatic nitrogens is 2. The van der Waals surface area contributed by atoms with Gasteiger partial charge in [0.25, 0.3) is 23.6 Å². The van der Waals surface area contributed by atoms with Gasteiger partial charge in [-0.2, -0.15) is 0 Å². The van der Waals surface area contributed by atoms with E-state index in [0.717, 1.165) is 40.4 Å². The maximum Gasteiger partial charge on any atom is 0.268 e. The van der Waals surface area contributed by atoms with Crippen molar-refractivity contribution in [2.24, 2.45) is 0 Å². The Morgan fingerprint density at radius 2 is 1.14 bits per heavy atom. The van der Waals surface area contributed by atoms with Crippen LogP contribution in [0.25, 0.3) is 21.8 Å². The third-order valence-corrected chi connectivity index (χ3v) is 9.50. The van der Waals surface area contributed by atoms with E-state index < -0.39 is 17.6 Å². The molecule has 4 heterocycles. The van der Waals surface area contributed by atoms with Crippen LogP contribution in [0, 0.1) is 5.82 Å². The molecule has 6 N–H and O–H groups in total. The Balaban J connectivity index is 0.000000177. The third kappa shape index (κ3) is 8.23. The Kier molecular flexibility index (Phi) is 10.9. The molecular formula is C43H37FN8O6. The van der Waals surface area contributed by atoms with Crippen molar-refractivity contribution in [1.29, 1.82) is 0 Å². The summed E-state index contributed by atoms with van der Waals surface area (Å²) in [6.45, 7) is 9.25. The second-order valence-corrected chi connectivity index (χ2v) is 13.3. The molecule has 0 atom stereocenters. The highest BCUT2D eigenvalue weighted by Gasteiger charge is 2.21. The van der Waals surface area contributed by atoms with Crippen molar-refractivity contribution in [3.8, 4) is 0 Å². The maximum absolute atomic E-state index is 13.9. The summed E-state index contributed by atoms with van der Waals surface area (Å²) in [5.74, 6) is -2.40. The highest BCUT2D eigenvalue weighted by molar-refractivity contribution is 6.09. The summed E-state index contributed by atoms with van der Waals surface area (Å²) in [7, 11) is 0. The number of hydrogen-bond donors (Lipinski definition) is 6. The molecule has 2 aliphatic heterocycles. The first-order valence-corrected chi connectivity index (χ1v) is 18.2. The smallest absolute Gasteiger partial charge is 0.268 e. The first-order chi connectivity index (χ1) is 28.0. The molecule has 2 aliphatic rings. The molecular weight excluding hydrogens is 744 g/mol. The number of anilines is 4. The molecule has 6 aromatic rings. The number of halogens is 1. The second-order valence-electron chi connectivity index (χ2n) is 13.3. The molecule has 6 amide bonds. The minimum Gasteiger partial charge on any atom is -0.351 e. The van der Waals surface area contributed by atoms with Crippen LogP contribution in [-0.4, -0.2) is 57.7 Å². The van der Waals surface area contributed by atoms with Crippen LogP contribution in [0.5, 0.6) is 0 Å². The summed E-state index contributed by atoms with van der Waals surface area (Å²) < 4.78 is 17.7. The number of hydrogen-bond acceptors (Lipinski definition) is 6. The van der Waals surface area contributed by atoms with E-state index in [1.54, 1.807) is 60.7 Å². The van der Waals surface area contributed by atoms with Crippen molar-refractivity contribution in [3.63, 3.8) is 0 Å². The van der Waals surface area contributed by atoms with Crippen molar-refractivity contribution in [1.82, 2.24) is 19.8 Å². The molecule has 2 aromatic heterocycles. The Hall–Kier alpha value is -7.81. The van der Waals surface area contributed by atoms with Crippen LogP contribution in [0.15, 0.2) is 116 Å². The molecule has 14 nitrogen and oxygen atoms in total. The van der Waals surface area contributed by atoms with Crippen LogP contribution in [0.2, 0.25) is 0 Å². The lowest BCUT2D eigenvalue weighted by atomic mass is 10.1. The molecule has 0 radical (unpaired) electrons. The summed E-state index contributed by atoms with van der Waals surface area (Å²) in [4.78, 5) is 72.5. The van der Waals surface area contributed by atoms with Gasteiger partial charge in [-0.1, -0.05) is 31.4 Å². The van der Waals surface area contributed by atoms with E-state index in [-0.39, 0.29) is 29.3 Å². The van der Waals surface area contributed by atoms with Crippen LogP contribution >= 0.6 is 0 Å². The molecule has 0 aliphatic carbocycles. The number of amides is 6. The number of carbonyl (C=O) groups is 6. The zero-order valence-corrected chi connectivity index (χ0v) is 31.0. The van der Waals surface area contributed by atoms with Gasteiger partial charge in [0.15, 0.2) is 0 Å². The van der Waals surface area contributed by atoms with Crippen molar-refractivity contribution >= 4 is 80.0 Å². The van der Waals surface area contributed by atoms with Gasteiger partial charge < -0.3 is 41.0 Å². The van der Waals surface area contributed by atoms with Crippen molar-refractivity contribution in [2.75, 3.05) is 34.4 Å². The highest BCUT2D eigenvalue weighted by atomic mass is 19.1. The topological polar surface area (TPSA) is 184 Å². The molecule has 0 spiro atoms. The first-order valence-electron chi connectivity index (χ1n) is 18.2. The zero-order chi connectivity index (χ0) is 40.9. The largest absolute Gasteiger partial charge is 0.351 e. The molecule has 8 rings (SSSR count). The Bertz CT molecular complexity index is 2700. The van der Waals surface area contributed by atoms with Gasteiger partial charge in [0.1, 0.15) is 17.2 Å². The summed E-state index contributed by atoms with van der Waals surface area (Å²) in [5.41, 5.74) is 5.09. The van der Waals surface area contributed by atoms with E-state index >= 15 is 0 Å². The lowest BCUT2D eigenvalue weighted by molar-refractivity contribution is -0.112. The number of nitrogens with one attached hydrogen (secondary N) is 6. The minimum absolute atomic E-state index is 0.0603. The number of fused-ring (bicyclic) bond motifs is 6. The molecule has 0 fully saturated rings. The second kappa shape index (κ2) is 16.5. The van der Waals surface area contributed by atoms with Crippen LogP contribution in [0.4, 0.5) is 27.1 Å². The quantitative estimate of drug-likeness (QED) is 0.102. The van der Waals surface area contributed by atoms with E-state index in [1.165, 1.54) is 18.2 Å². The third-order valence-electron chi connectivity index (χ3n) is 9.50. The Morgan fingerprint density at radius 1 is 0.603 bits per heavy atom. The van der Waals surface area contributed by atoms with E-state index in [0.29, 0.717) is 65.8 Å². The summed E-state index contributed by atoms with van der Waals surface area (Å²) in [5, 5.41) is 18.0. The number of carbonyl (C=O) groups excluding carboxylic acids is 6. The van der Waals surface area contributed by atoms with Gasteiger partial charge in [-0.15, -0.1) is 0 Å². The number of nitrogens with zero attached hydrogens (tertiary/aromatic N) is 2. The highest BCUT2D eigenvalue weighted by Crippen LogP contribution is 2.26. The van der Waals surface area contributed by atoms with Crippen molar-refractivity contribution < 1.29 is 33.2 Å². The van der Waals surface area contributed by atoms with Gasteiger partial charge in [-0.3, -0.25) is 28.8 Å². The first kappa shape index (κ1) is 38.5. The van der Waals surface area contributed by atoms with Gasteiger partial charge in [0, 0.05) is 76.2 Å². The average molecular weight is 781 g/mol. The summed E-state index contributed by atoms with van der Waals surface area (Å²) >= 11 is 0. The molecule has 0 unspecified atom stereocenters. The molecule has 15 heteroatoms. The van der Waals surface area contributed by atoms with Gasteiger partial charge in [0.05, 0.1) is 5.69 Å². The van der Waals surface area contributed by atoms with Crippen LogP contribution in [-0.2, 0) is 22.7 Å². The van der Waals surface area contributed by atoms with E-state index in [9.17, 15) is 33.2 Å². The van der Waals surface area contributed by atoms with Gasteiger partial charge >= 0.3 is 0 Å². The van der Waals surface area contributed by atoms with Gasteiger partial charge in [0.2, 0.25) is 11.8 Å². The summed E-state index contributed by atoms with van der Waals surface area (Å²) in [6, 6.07) is 24.9. The molecule has 4 aromatic carbocycles. The zero-order valence-electron chi connectivity index (χ0n) is 31.0. The lowest BCUT2D eigenvalue weighted by Crippen LogP contribution is -2.34. The number of rotatable bonds is 8. The fourth-order valence-electron chi connectivity index (χ4n) is 6.71. The maximum atomic E-state index is 13.9. The fourth-order valence-corrected chi connectivity index (χ4v) is 6.71. The fraction of sp³-hybridized carbons (Fsp3) is 0.116. The van der Waals surface area contributed by atoms with Crippen molar-refractivity contribution in [3.05, 3.63) is 145 Å². The lowest BCUT2D eigenvalue weighted by Gasteiger charge is -2.16. The van der Waals surface area contributed by atoms with Gasteiger partial charge in [-0.25, -0.2) is 4.39 Å². The summed E-state index contributed by atoms with van der Waals surface area (Å²) in [6.07, 6.45) is 3.04. The molecule has 0 bridgehead atoms. The van der Waals surface area contributed by atoms with E-state index in [2.05, 4.69) is 45.1 Å². The van der Waals surface area contributed by atoms with Crippen LogP contribution < -0.4 is 31.9 Å². The monoisotopic (exact) mass is 780 g/mol. The van der Waals surface area contributed by atoms with E-state index in [1.807, 2.05) is 21.3 Å². The number of benzene rings is 4. The van der Waals surface area contributed by atoms with Crippen LogP contribution in [0.3, 0.4) is 0 Å². The number of aryl methyl sites for hydroxylation is 1. The SMILES string of the molecule is C=CC(=O)Nc1cc(NC(=O)c2ccc3cc4n(c3c2)CCNC4=O)ccc1F.C=CC(=O)Nc1cccc(NC(=O)c2ccc3cc4n(c3c2)CCCNC4=O)c1. The molecule has 292 valence electrons. The Morgan fingerprint density at radius 3 is 1.74 bits per heavy atom. The Labute approximate surface area is 330 Å². The molecule has 0 saturated heterocycles. The predicted octanol–water partition coefficient (Wildman–Crippen LogP) is 6.05. The molecule has 0 saturated carbocycles. The van der Waals surface area contributed by atoms with Gasteiger partial charge in [-0.05, 0) is 91.4 Å².